The average molecular weight is 545 g/mol. The molecule has 0 radical (unpaired) electrons. The fourth-order valence-corrected chi connectivity index (χ4v) is 4.94. The summed E-state index contributed by atoms with van der Waals surface area (Å²) in [5.41, 5.74) is 1.83. The lowest BCUT2D eigenvalue weighted by Crippen LogP contribution is -2.15. The normalized spacial score (nSPS) is 11.8. The summed E-state index contributed by atoms with van der Waals surface area (Å²) in [5.74, 6) is 1.57. The van der Waals surface area contributed by atoms with Crippen molar-refractivity contribution in [3.63, 3.8) is 0 Å². The number of anilines is 1. The number of rotatable bonds is 9. The van der Waals surface area contributed by atoms with Gasteiger partial charge in [0.25, 0.3) is 0 Å². The van der Waals surface area contributed by atoms with Crippen LogP contribution in [0, 0.1) is 0 Å². The van der Waals surface area contributed by atoms with Crippen molar-refractivity contribution in [2.24, 2.45) is 0 Å². The van der Waals surface area contributed by atoms with Gasteiger partial charge in [0.2, 0.25) is 5.91 Å². The summed E-state index contributed by atoms with van der Waals surface area (Å²) < 4.78 is 8.97. The van der Waals surface area contributed by atoms with E-state index in [1.54, 1.807) is 0 Å². The van der Waals surface area contributed by atoms with E-state index in [-0.39, 0.29) is 17.8 Å². The van der Waals surface area contributed by atoms with Gasteiger partial charge < -0.3 is 14.6 Å². The van der Waals surface area contributed by atoms with Crippen molar-refractivity contribution in [3.8, 4) is 17.0 Å². The minimum absolute atomic E-state index is 0.141. The minimum atomic E-state index is -0.268. The van der Waals surface area contributed by atoms with Crippen LogP contribution in [0.25, 0.3) is 11.3 Å². The number of hydrogen-bond donors (Lipinski definition) is 1. The van der Waals surface area contributed by atoms with E-state index in [0.717, 1.165) is 27.3 Å². The van der Waals surface area contributed by atoms with Gasteiger partial charge in [0.05, 0.1) is 11.4 Å². The number of thioether (sulfide) groups is 1. The van der Waals surface area contributed by atoms with E-state index in [2.05, 4.69) is 36.4 Å². The van der Waals surface area contributed by atoms with Crippen LogP contribution >= 0.6 is 39.0 Å². The fourth-order valence-electron chi connectivity index (χ4n) is 3.13. The summed E-state index contributed by atoms with van der Waals surface area (Å²) >= 11 is 6.17. The topological polar surface area (TPSA) is 81.9 Å². The van der Waals surface area contributed by atoms with Gasteiger partial charge in [-0.25, -0.2) is 4.98 Å². The summed E-state index contributed by atoms with van der Waals surface area (Å²) in [6.45, 7) is 4.64. The SMILES string of the molecule is CCn1c(SCC(=O)Nc2nc(-c3ccc(Br)cc3)cs2)nnc1C(C)Oc1ccccc1. The van der Waals surface area contributed by atoms with Gasteiger partial charge in [-0.15, -0.1) is 21.5 Å². The lowest BCUT2D eigenvalue weighted by Gasteiger charge is -2.15. The van der Waals surface area contributed by atoms with E-state index in [4.69, 9.17) is 4.74 Å². The summed E-state index contributed by atoms with van der Waals surface area (Å²) in [7, 11) is 0. The van der Waals surface area contributed by atoms with Crippen LogP contribution in [0.5, 0.6) is 5.75 Å². The first kappa shape index (κ1) is 23.5. The molecule has 0 saturated carbocycles. The van der Waals surface area contributed by atoms with Gasteiger partial charge >= 0.3 is 0 Å². The second kappa shape index (κ2) is 11.0. The molecule has 1 N–H and O–H groups in total. The van der Waals surface area contributed by atoms with E-state index in [0.29, 0.717) is 16.8 Å². The molecule has 0 saturated heterocycles. The first-order chi connectivity index (χ1) is 16.0. The molecule has 2 heterocycles. The first-order valence-electron chi connectivity index (χ1n) is 10.3. The maximum absolute atomic E-state index is 12.5. The van der Waals surface area contributed by atoms with Crippen LogP contribution in [0.3, 0.4) is 0 Å². The molecule has 2 aromatic heterocycles. The molecule has 170 valence electrons. The van der Waals surface area contributed by atoms with Gasteiger partial charge in [0, 0.05) is 22.0 Å². The van der Waals surface area contributed by atoms with Crippen LogP contribution < -0.4 is 10.1 Å². The predicted octanol–water partition coefficient (Wildman–Crippen LogP) is 6.05. The Morgan fingerprint density at radius 2 is 1.94 bits per heavy atom. The number of carbonyl (C=O) groups excluding carboxylic acids is 1. The molecule has 0 aliphatic heterocycles. The molecule has 0 bridgehead atoms. The van der Waals surface area contributed by atoms with E-state index < -0.39 is 0 Å². The Hall–Kier alpha value is -2.69. The maximum Gasteiger partial charge on any atom is 0.236 e. The quantitative estimate of drug-likeness (QED) is 0.258. The molecule has 4 aromatic rings. The molecule has 0 aliphatic carbocycles. The summed E-state index contributed by atoms with van der Waals surface area (Å²) in [6, 6.07) is 17.5. The Kier molecular flexibility index (Phi) is 7.79. The van der Waals surface area contributed by atoms with Gasteiger partial charge in [0.1, 0.15) is 5.75 Å². The lowest BCUT2D eigenvalue weighted by molar-refractivity contribution is -0.113. The lowest BCUT2D eigenvalue weighted by atomic mass is 10.2. The molecule has 0 fully saturated rings. The molecule has 0 spiro atoms. The average Bonchev–Trinajstić information content (AvgIpc) is 3.45. The maximum atomic E-state index is 12.5. The standard InChI is InChI=1S/C23H22BrN5O2S2/c1-3-29-21(15(2)31-18-7-5-4-6-8-18)27-28-23(29)33-14-20(30)26-22-25-19(13-32-22)16-9-11-17(24)12-10-16/h4-13,15H,3,14H2,1-2H3,(H,25,26,30). The molecule has 1 atom stereocenters. The van der Waals surface area contributed by atoms with E-state index in [9.17, 15) is 4.79 Å². The van der Waals surface area contributed by atoms with Crippen LogP contribution in [-0.4, -0.2) is 31.4 Å². The fraction of sp³-hybridized carbons (Fsp3) is 0.217. The monoisotopic (exact) mass is 543 g/mol. The number of aromatic nitrogens is 4. The van der Waals surface area contributed by atoms with E-state index in [1.165, 1.54) is 23.1 Å². The Morgan fingerprint density at radius 3 is 2.67 bits per heavy atom. The number of thiazole rings is 1. The third-order valence-electron chi connectivity index (χ3n) is 4.70. The third-order valence-corrected chi connectivity index (χ3v) is 6.96. The van der Waals surface area contributed by atoms with Gasteiger partial charge in [-0.1, -0.05) is 58.0 Å². The van der Waals surface area contributed by atoms with Crippen molar-refractivity contribution in [1.29, 1.82) is 0 Å². The van der Waals surface area contributed by atoms with Crippen LogP contribution in [0.2, 0.25) is 0 Å². The number of nitrogens with zero attached hydrogens (tertiary/aromatic N) is 4. The van der Waals surface area contributed by atoms with Crippen LogP contribution in [0.15, 0.2) is 69.6 Å². The van der Waals surface area contributed by atoms with Crippen molar-refractivity contribution in [2.75, 3.05) is 11.1 Å². The van der Waals surface area contributed by atoms with Crippen molar-refractivity contribution in [2.45, 2.75) is 31.7 Å². The third kappa shape index (κ3) is 6.01. The molecule has 7 nitrogen and oxygen atoms in total. The number of para-hydroxylation sites is 1. The number of amides is 1. The summed E-state index contributed by atoms with van der Waals surface area (Å²) in [6.07, 6.45) is -0.268. The zero-order valence-corrected chi connectivity index (χ0v) is 21.3. The van der Waals surface area contributed by atoms with Crippen molar-refractivity contribution in [3.05, 3.63) is 70.3 Å². The van der Waals surface area contributed by atoms with Gasteiger partial charge in [-0.05, 0) is 38.1 Å². The number of carbonyl (C=O) groups is 1. The number of nitrogens with one attached hydrogen (secondary N) is 1. The molecule has 33 heavy (non-hydrogen) atoms. The highest BCUT2D eigenvalue weighted by Gasteiger charge is 2.19. The smallest absolute Gasteiger partial charge is 0.236 e. The van der Waals surface area contributed by atoms with E-state index in [1.807, 2.05) is 78.4 Å². The van der Waals surface area contributed by atoms with Gasteiger partial charge in [-0.3, -0.25) is 4.79 Å². The zero-order valence-electron chi connectivity index (χ0n) is 18.1. The zero-order chi connectivity index (χ0) is 23.2. The van der Waals surface area contributed by atoms with Crippen LogP contribution in [0.1, 0.15) is 25.8 Å². The summed E-state index contributed by atoms with van der Waals surface area (Å²) in [4.78, 5) is 17.0. The molecule has 2 aromatic carbocycles. The van der Waals surface area contributed by atoms with Crippen molar-refractivity contribution < 1.29 is 9.53 Å². The largest absolute Gasteiger partial charge is 0.483 e. The molecular weight excluding hydrogens is 522 g/mol. The molecule has 1 unspecified atom stereocenters. The Labute approximate surface area is 208 Å². The second-order valence-electron chi connectivity index (χ2n) is 7.04. The highest BCUT2D eigenvalue weighted by molar-refractivity contribution is 9.10. The number of ether oxygens (including phenoxy) is 1. The highest BCUT2D eigenvalue weighted by Crippen LogP contribution is 2.27. The predicted molar refractivity (Wildman–Crippen MR) is 136 cm³/mol. The van der Waals surface area contributed by atoms with Gasteiger partial charge in [0.15, 0.2) is 22.2 Å². The molecule has 4 rings (SSSR count). The first-order valence-corrected chi connectivity index (χ1v) is 13.0. The molecular formula is C23H22BrN5O2S2. The molecule has 0 aliphatic rings. The van der Waals surface area contributed by atoms with Gasteiger partial charge in [-0.2, -0.15) is 0 Å². The Morgan fingerprint density at radius 1 is 1.18 bits per heavy atom. The van der Waals surface area contributed by atoms with Crippen LogP contribution in [-0.2, 0) is 11.3 Å². The second-order valence-corrected chi connectivity index (χ2v) is 9.76. The number of hydrogen-bond acceptors (Lipinski definition) is 7. The van der Waals surface area contributed by atoms with Crippen molar-refractivity contribution in [1.82, 2.24) is 19.7 Å². The van der Waals surface area contributed by atoms with E-state index >= 15 is 0 Å². The molecule has 10 heteroatoms. The number of halogens is 1. The Bertz CT molecular complexity index is 1210. The number of benzene rings is 2. The summed E-state index contributed by atoms with van der Waals surface area (Å²) in [5, 5.41) is 14.6. The Balaban J connectivity index is 1.35. The molecule has 1 amide bonds. The van der Waals surface area contributed by atoms with Crippen LogP contribution in [0.4, 0.5) is 5.13 Å². The van der Waals surface area contributed by atoms with Crippen molar-refractivity contribution >= 4 is 50.1 Å². The highest BCUT2D eigenvalue weighted by atomic mass is 79.9. The minimum Gasteiger partial charge on any atom is -0.483 e.